The van der Waals surface area contributed by atoms with Gasteiger partial charge in [-0.1, -0.05) is 30.4 Å². The Bertz CT molecular complexity index is 742. The minimum absolute atomic E-state index is 0.285. The summed E-state index contributed by atoms with van der Waals surface area (Å²) in [5.41, 5.74) is 2.01. The lowest BCUT2D eigenvalue weighted by Gasteiger charge is -2.40. The van der Waals surface area contributed by atoms with Crippen molar-refractivity contribution < 1.29 is 18.3 Å². The van der Waals surface area contributed by atoms with Crippen molar-refractivity contribution >= 4 is 13.2 Å². The fourth-order valence-electron chi connectivity index (χ4n) is 4.41. The predicted molar refractivity (Wildman–Crippen MR) is 105 cm³/mol. The normalized spacial score (nSPS) is 23.0. The zero-order chi connectivity index (χ0) is 18.6. The smallest absolute Gasteiger partial charge is 0.357 e. The summed E-state index contributed by atoms with van der Waals surface area (Å²) in [4.78, 5) is 0. The summed E-state index contributed by atoms with van der Waals surface area (Å²) in [7, 11) is -1.61. The second-order valence-electron chi connectivity index (χ2n) is 6.75. The zero-order valence-corrected chi connectivity index (χ0v) is 16.9. The first-order valence-corrected chi connectivity index (χ1v) is 11.1. The SMILES string of the molecule is CCOP(=O)(OCC)C1=CCCC[C@@]12CCC=C2c1ccccc1OC. The van der Waals surface area contributed by atoms with Crippen molar-refractivity contribution in [2.75, 3.05) is 20.3 Å². The standard InChI is InChI=1S/C21H29O4P/c1-4-24-26(22,25-5-2)20-14-8-9-15-21(20)16-10-12-18(21)17-11-6-7-13-19(17)23-3/h6-7,11-14H,4-5,8-10,15-16H2,1-3H3/t21-/m0/s1. The molecule has 0 N–H and O–H groups in total. The van der Waals surface area contributed by atoms with Crippen LogP contribution in [0.5, 0.6) is 5.75 Å². The molecule has 1 atom stereocenters. The summed E-state index contributed by atoms with van der Waals surface area (Å²) in [6.45, 7) is 4.48. The number of hydrogen-bond donors (Lipinski definition) is 0. The van der Waals surface area contributed by atoms with E-state index in [1.807, 2.05) is 32.0 Å². The second kappa shape index (κ2) is 8.12. The molecule has 0 heterocycles. The van der Waals surface area contributed by atoms with E-state index in [4.69, 9.17) is 13.8 Å². The van der Waals surface area contributed by atoms with Crippen LogP contribution in [-0.2, 0) is 13.6 Å². The van der Waals surface area contributed by atoms with E-state index in [1.165, 1.54) is 5.57 Å². The van der Waals surface area contributed by atoms with Crippen molar-refractivity contribution in [3.63, 3.8) is 0 Å². The van der Waals surface area contributed by atoms with E-state index >= 15 is 0 Å². The maximum Gasteiger partial charge on any atom is 0.357 e. The number of hydrogen-bond acceptors (Lipinski definition) is 4. The van der Waals surface area contributed by atoms with E-state index in [0.29, 0.717) is 13.2 Å². The van der Waals surface area contributed by atoms with Crippen molar-refractivity contribution in [2.45, 2.75) is 46.0 Å². The average molecular weight is 376 g/mol. The quantitative estimate of drug-likeness (QED) is 0.532. The first-order chi connectivity index (χ1) is 12.6. The van der Waals surface area contributed by atoms with E-state index in [0.717, 1.165) is 48.7 Å². The first kappa shape index (κ1) is 19.4. The molecule has 2 aliphatic rings. The number of para-hydroxylation sites is 1. The van der Waals surface area contributed by atoms with Gasteiger partial charge in [0.15, 0.2) is 0 Å². The lowest BCUT2D eigenvalue weighted by atomic mass is 9.71. The van der Waals surface area contributed by atoms with Gasteiger partial charge in [-0.2, -0.15) is 0 Å². The Morgan fingerprint density at radius 3 is 2.46 bits per heavy atom. The molecule has 0 aromatic heterocycles. The van der Waals surface area contributed by atoms with Gasteiger partial charge in [0.2, 0.25) is 0 Å². The summed E-state index contributed by atoms with van der Waals surface area (Å²) in [5, 5.41) is 0.856. The van der Waals surface area contributed by atoms with Gasteiger partial charge in [-0.25, -0.2) is 0 Å². The van der Waals surface area contributed by atoms with Gasteiger partial charge in [-0.05, 0) is 57.6 Å². The van der Waals surface area contributed by atoms with Gasteiger partial charge in [-0.3, -0.25) is 4.57 Å². The van der Waals surface area contributed by atoms with E-state index in [9.17, 15) is 4.57 Å². The van der Waals surface area contributed by atoms with E-state index in [-0.39, 0.29) is 5.41 Å². The lowest BCUT2D eigenvalue weighted by molar-refractivity contribution is 0.217. The molecule has 0 saturated heterocycles. The molecule has 3 rings (SSSR count). The fraction of sp³-hybridized carbons (Fsp3) is 0.524. The van der Waals surface area contributed by atoms with Crippen LogP contribution in [0, 0.1) is 5.41 Å². The largest absolute Gasteiger partial charge is 0.496 e. The number of allylic oxidation sites excluding steroid dienone is 4. The molecule has 1 aromatic rings. The van der Waals surface area contributed by atoms with Gasteiger partial charge in [0.25, 0.3) is 0 Å². The van der Waals surface area contributed by atoms with Gasteiger partial charge in [0.05, 0.1) is 20.3 Å². The van der Waals surface area contributed by atoms with Crippen LogP contribution < -0.4 is 4.74 Å². The summed E-state index contributed by atoms with van der Waals surface area (Å²) in [5.74, 6) is 0.854. The lowest BCUT2D eigenvalue weighted by Crippen LogP contribution is -2.26. The topological polar surface area (TPSA) is 44.8 Å². The Morgan fingerprint density at radius 1 is 1.04 bits per heavy atom. The third-order valence-electron chi connectivity index (χ3n) is 5.36. The molecule has 142 valence electrons. The van der Waals surface area contributed by atoms with Crippen molar-refractivity contribution in [2.24, 2.45) is 5.41 Å². The van der Waals surface area contributed by atoms with Gasteiger partial charge < -0.3 is 13.8 Å². The minimum Gasteiger partial charge on any atom is -0.496 e. The minimum atomic E-state index is -3.31. The molecular weight excluding hydrogens is 347 g/mol. The maximum absolute atomic E-state index is 13.7. The van der Waals surface area contributed by atoms with Crippen LogP contribution in [0.4, 0.5) is 0 Å². The highest BCUT2D eigenvalue weighted by Crippen LogP contribution is 2.70. The Balaban J connectivity index is 2.11. The van der Waals surface area contributed by atoms with Crippen molar-refractivity contribution in [3.05, 3.63) is 47.3 Å². The molecule has 0 unspecified atom stereocenters. The number of ether oxygens (including phenoxy) is 1. The Hall–Kier alpha value is -1.35. The summed E-state index contributed by atoms with van der Waals surface area (Å²) < 4.78 is 30.8. The zero-order valence-electron chi connectivity index (χ0n) is 16.0. The van der Waals surface area contributed by atoms with E-state index in [2.05, 4.69) is 18.2 Å². The molecule has 0 aliphatic heterocycles. The van der Waals surface area contributed by atoms with Crippen LogP contribution >= 0.6 is 7.60 Å². The first-order valence-electron chi connectivity index (χ1n) is 9.55. The summed E-state index contributed by atoms with van der Waals surface area (Å²) >= 11 is 0. The van der Waals surface area contributed by atoms with E-state index < -0.39 is 7.60 Å². The Morgan fingerprint density at radius 2 is 1.77 bits per heavy atom. The van der Waals surface area contributed by atoms with Gasteiger partial charge in [0, 0.05) is 16.3 Å². The van der Waals surface area contributed by atoms with Crippen molar-refractivity contribution in [1.82, 2.24) is 0 Å². The van der Waals surface area contributed by atoms with Crippen LogP contribution in [0.2, 0.25) is 0 Å². The molecule has 0 bridgehead atoms. The molecule has 2 aliphatic carbocycles. The van der Waals surface area contributed by atoms with Crippen molar-refractivity contribution in [1.29, 1.82) is 0 Å². The van der Waals surface area contributed by atoms with Crippen LogP contribution in [0.25, 0.3) is 5.57 Å². The third kappa shape index (κ3) is 3.31. The Labute approximate surface area is 156 Å². The molecular formula is C21H29O4P. The highest BCUT2D eigenvalue weighted by molar-refractivity contribution is 7.58. The molecule has 0 amide bonds. The molecule has 0 fully saturated rings. The predicted octanol–water partition coefficient (Wildman–Crippen LogP) is 6.19. The molecule has 4 nitrogen and oxygen atoms in total. The molecule has 5 heteroatoms. The van der Waals surface area contributed by atoms with Gasteiger partial charge in [-0.15, -0.1) is 0 Å². The van der Waals surface area contributed by atoms with Crippen LogP contribution in [0.15, 0.2) is 41.7 Å². The summed E-state index contributed by atoms with van der Waals surface area (Å²) in [6, 6.07) is 8.09. The molecule has 0 radical (unpaired) electrons. The number of rotatable bonds is 7. The van der Waals surface area contributed by atoms with Crippen LogP contribution in [-0.4, -0.2) is 20.3 Å². The van der Waals surface area contributed by atoms with Crippen LogP contribution in [0.3, 0.4) is 0 Å². The second-order valence-corrected chi connectivity index (χ2v) is 8.75. The maximum atomic E-state index is 13.7. The highest BCUT2D eigenvalue weighted by atomic mass is 31.2. The monoisotopic (exact) mass is 376 g/mol. The Kier molecular flexibility index (Phi) is 6.06. The summed E-state index contributed by atoms with van der Waals surface area (Å²) in [6.07, 6.45) is 9.25. The number of benzene rings is 1. The average Bonchev–Trinajstić information content (AvgIpc) is 3.05. The molecule has 1 aromatic carbocycles. The highest BCUT2D eigenvalue weighted by Gasteiger charge is 2.50. The third-order valence-corrected chi connectivity index (χ3v) is 7.76. The molecule has 0 saturated carbocycles. The van der Waals surface area contributed by atoms with E-state index in [1.54, 1.807) is 7.11 Å². The molecule has 1 spiro atoms. The number of methoxy groups -OCH3 is 1. The van der Waals surface area contributed by atoms with Crippen LogP contribution in [0.1, 0.15) is 51.5 Å². The van der Waals surface area contributed by atoms with Crippen molar-refractivity contribution in [3.8, 4) is 5.75 Å². The van der Waals surface area contributed by atoms with Gasteiger partial charge in [0.1, 0.15) is 5.75 Å². The van der Waals surface area contributed by atoms with Gasteiger partial charge >= 0.3 is 7.60 Å². The fourth-order valence-corrected chi connectivity index (χ4v) is 6.66. The molecule has 26 heavy (non-hydrogen) atoms.